The Labute approximate surface area is 204 Å². The highest BCUT2D eigenvalue weighted by atomic mass is 19.1. The van der Waals surface area contributed by atoms with Gasteiger partial charge in [-0.1, -0.05) is 43.2 Å². The molecule has 1 saturated heterocycles. The van der Waals surface area contributed by atoms with E-state index in [1.165, 1.54) is 18.2 Å². The number of unbranched alkanes of at least 4 members (excludes halogenated alkanes) is 2. The van der Waals surface area contributed by atoms with Crippen molar-refractivity contribution in [3.8, 4) is 5.69 Å². The molecule has 3 aromatic rings. The van der Waals surface area contributed by atoms with Crippen molar-refractivity contribution in [1.82, 2.24) is 25.5 Å². The van der Waals surface area contributed by atoms with Crippen LogP contribution < -0.4 is 16.3 Å². The van der Waals surface area contributed by atoms with Gasteiger partial charge in [-0.25, -0.2) is 9.07 Å². The first kappa shape index (κ1) is 24.8. The van der Waals surface area contributed by atoms with Crippen LogP contribution >= 0.6 is 0 Å². The smallest absolute Gasteiger partial charge is 0.278 e. The van der Waals surface area contributed by atoms with E-state index in [1.807, 2.05) is 42.5 Å². The number of halogens is 1. The number of carbonyl (C=O) groups is 1. The summed E-state index contributed by atoms with van der Waals surface area (Å²) < 4.78 is 14.8. The second-order valence-electron chi connectivity index (χ2n) is 9.15. The number of hydrazine groups is 1. The van der Waals surface area contributed by atoms with Crippen molar-refractivity contribution >= 4 is 5.91 Å². The minimum atomic E-state index is -0.359. The fraction of sp³-hybridized carbons (Fsp3) is 0.370. The number of hydrogen-bond acceptors (Lipinski definition) is 5. The topological polar surface area (TPSA) is 79.3 Å². The highest BCUT2D eigenvalue weighted by molar-refractivity contribution is 5.91. The van der Waals surface area contributed by atoms with E-state index in [-0.39, 0.29) is 28.9 Å². The van der Waals surface area contributed by atoms with Crippen molar-refractivity contribution in [1.29, 1.82) is 0 Å². The van der Waals surface area contributed by atoms with E-state index in [9.17, 15) is 14.0 Å². The molecule has 2 N–H and O–H groups in total. The van der Waals surface area contributed by atoms with Gasteiger partial charge in [-0.3, -0.25) is 20.4 Å². The van der Waals surface area contributed by atoms with Crippen LogP contribution in [0.2, 0.25) is 0 Å². The number of amides is 1. The van der Waals surface area contributed by atoms with Crippen LogP contribution in [0, 0.1) is 12.7 Å². The highest BCUT2D eigenvalue weighted by Gasteiger charge is 2.24. The first-order valence-electron chi connectivity index (χ1n) is 12.1. The molecule has 0 radical (unpaired) electrons. The molecule has 1 aromatic heterocycles. The number of aromatic nitrogens is 2. The van der Waals surface area contributed by atoms with E-state index < -0.39 is 0 Å². The molecule has 4 rings (SSSR count). The Hall–Kier alpha value is -3.36. The largest absolute Gasteiger partial charge is 0.340 e. The Morgan fingerprint density at radius 2 is 1.83 bits per heavy atom. The molecule has 1 amide bonds. The van der Waals surface area contributed by atoms with Crippen LogP contribution in [0.15, 0.2) is 65.5 Å². The van der Waals surface area contributed by atoms with Gasteiger partial charge in [-0.15, -0.1) is 0 Å². The van der Waals surface area contributed by atoms with Crippen LogP contribution in [0.3, 0.4) is 0 Å². The third-order valence-corrected chi connectivity index (χ3v) is 6.46. The van der Waals surface area contributed by atoms with E-state index >= 15 is 0 Å². The fourth-order valence-corrected chi connectivity index (χ4v) is 4.45. The summed E-state index contributed by atoms with van der Waals surface area (Å²) in [7, 11) is 1.71. The maximum atomic E-state index is 13.1. The lowest BCUT2D eigenvalue weighted by Gasteiger charge is -2.18. The lowest BCUT2D eigenvalue weighted by molar-refractivity contribution is 0.0783. The molecule has 2 aromatic carbocycles. The molecule has 1 fully saturated rings. The van der Waals surface area contributed by atoms with Crippen LogP contribution in [0.25, 0.3) is 5.69 Å². The summed E-state index contributed by atoms with van der Waals surface area (Å²) in [4.78, 5) is 27.0. The quantitative estimate of drug-likeness (QED) is 0.457. The van der Waals surface area contributed by atoms with Crippen molar-refractivity contribution in [3.63, 3.8) is 0 Å². The van der Waals surface area contributed by atoms with Gasteiger partial charge in [0.1, 0.15) is 5.82 Å². The van der Waals surface area contributed by atoms with Gasteiger partial charge in [0.2, 0.25) is 5.43 Å². The van der Waals surface area contributed by atoms with E-state index in [2.05, 4.69) is 16.0 Å². The van der Waals surface area contributed by atoms with E-state index in [0.717, 1.165) is 43.4 Å². The van der Waals surface area contributed by atoms with Gasteiger partial charge in [0.25, 0.3) is 5.91 Å². The standard InChI is InChI=1S/C27H32FN5O2/c1-19-17-25(34)26(31-33(19)23-10-6-3-7-11-23)27(35)32(2)16-8-4-5-9-22-18-24(30-29-22)20-12-14-21(28)15-13-20/h3,6-7,10-15,17,22,24,29-30H,4-5,8-9,16,18H2,1-2H3. The number of carbonyl (C=O) groups excluding carboxylic acids is 1. The predicted molar refractivity (Wildman–Crippen MR) is 134 cm³/mol. The number of aryl methyl sites for hydroxylation is 1. The van der Waals surface area contributed by atoms with Gasteiger partial charge in [0, 0.05) is 37.4 Å². The van der Waals surface area contributed by atoms with Gasteiger partial charge in [-0.05, 0) is 56.0 Å². The molecule has 2 unspecified atom stereocenters. The van der Waals surface area contributed by atoms with Gasteiger partial charge < -0.3 is 4.90 Å². The number of nitrogens with one attached hydrogen (secondary N) is 2. The zero-order chi connectivity index (χ0) is 24.8. The SMILES string of the molecule is Cc1cc(=O)c(C(=O)N(C)CCCCCC2CC(c3ccc(F)cc3)NN2)nn1-c1ccccc1. The molecule has 7 nitrogen and oxygen atoms in total. The van der Waals surface area contributed by atoms with Gasteiger partial charge in [-0.2, -0.15) is 5.10 Å². The Bertz CT molecular complexity index is 1200. The second-order valence-corrected chi connectivity index (χ2v) is 9.15. The number of nitrogens with zero attached hydrogens (tertiary/aromatic N) is 3. The molecule has 184 valence electrons. The highest BCUT2D eigenvalue weighted by Crippen LogP contribution is 2.24. The zero-order valence-corrected chi connectivity index (χ0v) is 20.2. The van der Waals surface area contributed by atoms with Crippen LogP contribution in [-0.2, 0) is 0 Å². The predicted octanol–water partition coefficient (Wildman–Crippen LogP) is 3.92. The van der Waals surface area contributed by atoms with Crippen molar-refractivity contribution in [2.75, 3.05) is 13.6 Å². The summed E-state index contributed by atoms with van der Waals surface area (Å²) in [5.41, 5.74) is 8.78. The first-order chi connectivity index (χ1) is 16.9. The molecule has 1 aliphatic heterocycles. The lowest BCUT2D eigenvalue weighted by Crippen LogP contribution is -2.34. The molecule has 0 bridgehead atoms. The summed E-state index contributed by atoms with van der Waals surface area (Å²) in [6, 6.07) is 18.1. The van der Waals surface area contributed by atoms with Gasteiger partial charge >= 0.3 is 0 Å². The monoisotopic (exact) mass is 477 g/mol. The van der Waals surface area contributed by atoms with E-state index in [4.69, 9.17) is 0 Å². The fourth-order valence-electron chi connectivity index (χ4n) is 4.45. The van der Waals surface area contributed by atoms with Crippen LogP contribution in [0.4, 0.5) is 4.39 Å². The molecule has 2 atom stereocenters. The van der Waals surface area contributed by atoms with Crippen molar-refractivity contribution in [2.24, 2.45) is 0 Å². The molecule has 0 saturated carbocycles. The minimum absolute atomic E-state index is 0.0602. The Kier molecular flexibility index (Phi) is 8.05. The maximum absolute atomic E-state index is 13.1. The van der Waals surface area contributed by atoms with Gasteiger partial charge in [0.05, 0.1) is 5.69 Å². The molecule has 1 aliphatic rings. The molecule has 2 heterocycles. The van der Waals surface area contributed by atoms with Crippen LogP contribution in [0.1, 0.15) is 59.9 Å². The molecule has 8 heteroatoms. The van der Waals surface area contributed by atoms with Crippen LogP contribution in [-0.4, -0.2) is 40.2 Å². The first-order valence-corrected chi connectivity index (χ1v) is 12.1. The summed E-state index contributed by atoms with van der Waals surface area (Å²) in [6.07, 6.45) is 4.83. The maximum Gasteiger partial charge on any atom is 0.278 e. The van der Waals surface area contributed by atoms with Crippen molar-refractivity contribution in [2.45, 2.75) is 51.1 Å². The molecular weight excluding hydrogens is 445 g/mol. The van der Waals surface area contributed by atoms with Crippen molar-refractivity contribution < 1.29 is 9.18 Å². The normalized spacial score (nSPS) is 17.5. The number of hydrogen-bond donors (Lipinski definition) is 2. The third kappa shape index (κ3) is 6.21. The zero-order valence-electron chi connectivity index (χ0n) is 20.2. The van der Waals surface area contributed by atoms with Crippen molar-refractivity contribution in [3.05, 3.63) is 93.7 Å². The number of benzene rings is 2. The Balaban J connectivity index is 1.24. The lowest BCUT2D eigenvalue weighted by atomic mass is 9.99. The summed E-state index contributed by atoms with van der Waals surface area (Å²) in [5.74, 6) is -0.580. The molecular formula is C27H32FN5O2. The molecule has 35 heavy (non-hydrogen) atoms. The Morgan fingerprint density at radius 1 is 1.09 bits per heavy atom. The molecule has 0 spiro atoms. The second kappa shape index (κ2) is 11.4. The van der Waals surface area contributed by atoms with Crippen LogP contribution in [0.5, 0.6) is 0 Å². The average Bonchev–Trinajstić information content (AvgIpc) is 3.33. The van der Waals surface area contributed by atoms with E-state index in [0.29, 0.717) is 18.3 Å². The van der Waals surface area contributed by atoms with E-state index in [1.54, 1.807) is 23.6 Å². The summed E-state index contributed by atoms with van der Waals surface area (Å²) in [5, 5.41) is 4.37. The Morgan fingerprint density at radius 3 is 2.57 bits per heavy atom. The molecule has 0 aliphatic carbocycles. The summed E-state index contributed by atoms with van der Waals surface area (Å²) >= 11 is 0. The number of rotatable bonds is 9. The van der Waals surface area contributed by atoms with Gasteiger partial charge in [0.15, 0.2) is 5.69 Å². The summed E-state index contributed by atoms with van der Waals surface area (Å²) in [6.45, 7) is 2.36. The number of para-hydroxylation sites is 1. The third-order valence-electron chi connectivity index (χ3n) is 6.46. The average molecular weight is 478 g/mol. The minimum Gasteiger partial charge on any atom is -0.340 e.